The number of nitrogens with zero attached hydrogens (tertiary/aromatic N) is 1. The molecular formula is C24H17BrClFN2O. The summed E-state index contributed by atoms with van der Waals surface area (Å²) in [5.74, 6) is -0.838. The summed E-state index contributed by atoms with van der Waals surface area (Å²) in [6, 6.07) is 19.0. The molecular weight excluding hydrogens is 467 g/mol. The topological polar surface area (TPSA) is 52.9 Å². The molecule has 0 heterocycles. The Hall–Kier alpha value is -2.94. The van der Waals surface area contributed by atoms with Crippen molar-refractivity contribution in [2.75, 3.05) is 5.32 Å². The van der Waals surface area contributed by atoms with Gasteiger partial charge in [0.15, 0.2) is 0 Å². The molecule has 0 aromatic heterocycles. The molecule has 3 aromatic rings. The van der Waals surface area contributed by atoms with E-state index in [4.69, 9.17) is 11.6 Å². The smallest absolute Gasteiger partial charge is 0.266 e. The van der Waals surface area contributed by atoms with Crippen LogP contribution in [0.25, 0.3) is 6.08 Å². The first-order valence-electron chi connectivity index (χ1n) is 9.08. The number of rotatable bonds is 5. The lowest BCUT2D eigenvalue weighted by Gasteiger charge is -2.10. The first kappa shape index (κ1) is 21.8. The minimum absolute atomic E-state index is 0.0482. The molecule has 0 radical (unpaired) electrons. The van der Waals surface area contributed by atoms with Crippen molar-refractivity contribution in [3.8, 4) is 6.07 Å². The zero-order valence-corrected chi connectivity index (χ0v) is 18.4. The first-order chi connectivity index (χ1) is 14.4. The third-order valence-electron chi connectivity index (χ3n) is 4.50. The maximum absolute atomic E-state index is 13.5. The average molecular weight is 484 g/mol. The summed E-state index contributed by atoms with van der Waals surface area (Å²) in [6.07, 6.45) is 2.00. The molecule has 1 amide bonds. The second-order valence-corrected chi connectivity index (χ2v) is 8.09. The molecule has 0 saturated carbocycles. The zero-order chi connectivity index (χ0) is 21.7. The fraction of sp³-hybridized carbons (Fsp3) is 0.0833. The lowest BCUT2D eigenvalue weighted by molar-refractivity contribution is -0.112. The monoisotopic (exact) mass is 482 g/mol. The second kappa shape index (κ2) is 9.71. The zero-order valence-electron chi connectivity index (χ0n) is 16.0. The number of amides is 1. The van der Waals surface area contributed by atoms with E-state index in [0.717, 1.165) is 21.2 Å². The molecule has 0 saturated heterocycles. The van der Waals surface area contributed by atoms with E-state index in [9.17, 15) is 14.4 Å². The van der Waals surface area contributed by atoms with Crippen LogP contribution in [0.5, 0.6) is 0 Å². The highest BCUT2D eigenvalue weighted by Crippen LogP contribution is 2.24. The molecule has 0 fully saturated rings. The molecule has 0 aliphatic carbocycles. The second-order valence-electron chi connectivity index (χ2n) is 6.73. The number of halogens is 3. The van der Waals surface area contributed by atoms with Crippen LogP contribution in [0.3, 0.4) is 0 Å². The van der Waals surface area contributed by atoms with Crippen molar-refractivity contribution >= 4 is 45.2 Å². The van der Waals surface area contributed by atoms with Crippen molar-refractivity contribution in [2.24, 2.45) is 0 Å². The molecule has 0 bridgehead atoms. The highest BCUT2D eigenvalue weighted by Gasteiger charge is 2.13. The molecule has 0 atom stereocenters. The largest absolute Gasteiger partial charge is 0.321 e. The summed E-state index contributed by atoms with van der Waals surface area (Å²) in [4.78, 5) is 12.7. The molecule has 30 heavy (non-hydrogen) atoms. The Morgan fingerprint density at radius 3 is 2.73 bits per heavy atom. The van der Waals surface area contributed by atoms with E-state index in [1.165, 1.54) is 18.2 Å². The Morgan fingerprint density at radius 1 is 1.20 bits per heavy atom. The summed E-state index contributed by atoms with van der Waals surface area (Å²) >= 11 is 9.43. The van der Waals surface area contributed by atoms with E-state index in [0.29, 0.717) is 22.7 Å². The van der Waals surface area contributed by atoms with Gasteiger partial charge in [-0.25, -0.2) is 4.39 Å². The fourth-order valence-electron chi connectivity index (χ4n) is 2.95. The van der Waals surface area contributed by atoms with Gasteiger partial charge in [-0.3, -0.25) is 4.79 Å². The number of aryl methyl sites for hydroxylation is 1. The van der Waals surface area contributed by atoms with Crippen molar-refractivity contribution in [3.63, 3.8) is 0 Å². The number of carbonyl (C=O) groups is 1. The van der Waals surface area contributed by atoms with Gasteiger partial charge in [0.05, 0.1) is 0 Å². The number of anilines is 1. The lowest BCUT2D eigenvalue weighted by atomic mass is 9.98. The van der Waals surface area contributed by atoms with E-state index >= 15 is 0 Å². The maximum atomic E-state index is 13.5. The molecule has 0 aliphatic heterocycles. The van der Waals surface area contributed by atoms with E-state index in [-0.39, 0.29) is 11.4 Å². The third-order valence-corrected chi connectivity index (χ3v) is 5.23. The molecule has 3 nitrogen and oxygen atoms in total. The fourth-order valence-corrected chi connectivity index (χ4v) is 3.50. The number of benzene rings is 3. The summed E-state index contributed by atoms with van der Waals surface area (Å²) in [7, 11) is 0. The summed E-state index contributed by atoms with van der Waals surface area (Å²) in [6.45, 7) is 1.84. The normalized spacial score (nSPS) is 11.1. The van der Waals surface area contributed by atoms with E-state index in [2.05, 4.69) is 21.2 Å². The van der Waals surface area contributed by atoms with Crippen molar-refractivity contribution in [3.05, 3.63) is 104 Å². The average Bonchev–Trinajstić information content (AvgIpc) is 2.70. The van der Waals surface area contributed by atoms with Crippen molar-refractivity contribution in [1.82, 2.24) is 0 Å². The number of hydrogen-bond acceptors (Lipinski definition) is 2. The van der Waals surface area contributed by atoms with E-state index < -0.39 is 5.91 Å². The van der Waals surface area contributed by atoms with Crippen LogP contribution in [0.2, 0.25) is 5.02 Å². The Balaban J connectivity index is 1.93. The van der Waals surface area contributed by atoms with Gasteiger partial charge in [-0.15, -0.1) is 0 Å². The van der Waals surface area contributed by atoms with Gasteiger partial charge < -0.3 is 5.32 Å². The maximum Gasteiger partial charge on any atom is 0.266 e. The first-order valence-corrected chi connectivity index (χ1v) is 10.2. The Kier molecular flexibility index (Phi) is 7.04. The van der Waals surface area contributed by atoms with Crippen LogP contribution in [-0.2, 0) is 11.2 Å². The molecule has 3 aromatic carbocycles. The molecule has 150 valence electrons. The number of carbonyl (C=O) groups excluding carboxylic acids is 1. The van der Waals surface area contributed by atoms with Gasteiger partial charge in [0.2, 0.25) is 0 Å². The molecule has 3 rings (SSSR count). The van der Waals surface area contributed by atoms with Crippen LogP contribution in [0.4, 0.5) is 10.1 Å². The Morgan fingerprint density at radius 2 is 2.00 bits per heavy atom. The predicted octanol–water partition coefficient (Wildman–Crippen LogP) is 6.69. The van der Waals surface area contributed by atoms with Gasteiger partial charge in [-0.2, -0.15) is 5.26 Å². The minimum Gasteiger partial charge on any atom is -0.321 e. The third kappa shape index (κ3) is 5.56. The van der Waals surface area contributed by atoms with Crippen molar-refractivity contribution < 1.29 is 9.18 Å². The van der Waals surface area contributed by atoms with Crippen LogP contribution in [0.15, 0.2) is 70.7 Å². The highest BCUT2D eigenvalue weighted by atomic mass is 79.9. The van der Waals surface area contributed by atoms with Crippen molar-refractivity contribution in [1.29, 1.82) is 5.26 Å². The summed E-state index contributed by atoms with van der Waals surface area (Å²) in [5.41, 5.74) is 3.69. The highest BCUT2D eigenvalue weighted by molar-refractivity contribution is 9.10. The van der Waals surface area contributed by atoms with Crippen LogP contribution < -0.4 is 5.32 Å². The van der Waals surface area contributed by atoms with Gasteiger partial charge in [-0.05, 0) is 78.1 Å². The Labute approximate surface area is 187 Å². The van der Waals surface area contributed by atoms with Gasteiger partial charge in [0, 0.05) is 15.2 Å². The predicted molar refractivity (Wildman–Crippen MR) is 122 cm³/mol. The number of nitriles is 1. The minimum atomic E-state index is -0.528. The van der Waals surface area contributed by atoms with Crippen LogP contribution in [0.1, 0.15) is 22.3 Å². The van der Waals surface area contributed by atoms with Crippen molar-refractivity contribution in [2.45, 2.75) is 13.3 Å². The Bertz CT molecular complexity index is 1180. The van der Waals surface area contributed by atoms with Gasteiger partial charge in [0.1, 0.15) is 17.5 Å². The van der Waals surface area contributed by atoms with E-state index in [1.54, 1.807) is 24.3 Å². The molecule has 6 heteroatoms. The van der Waals surface area contributed by atoms with Gasteiger partial charge >= 0.3 is 0 Å². The van der Waals surface area contributed by atoms with E-state index in [1.807, 2.05) is 37.3 Å². The van der Waals surface area contributed by atoms with Crippen LogP contribution in [0, 0.1) is 24.1 Å². The molecule has 1 N–H and O–H groups in total. The van der Waals surface area contributed by atoms with Crippen LogP contribution in [-0.4, -0.2) is 5.91 Å². The number of hydrogen-bond donors (Lipinski definition) is 1. The summed E-state index contributed by atoms with van der Waals surface area (Å²) < 4.78 is 14.4. The molecule has 0 spiro atoms. The molecule has 0 unspecified atom stereocenters. The number of nitrogens with one attached hydrogen (secondary N) is 1. The summed E-state index contributed by atoms with van der Waals surface area (Å²) in [5, 5.41) is 12.8. The lowest BCUT2D eigenvalue weighted by Crippen LogP contribution is -2.14. The molecule has 0 aliphatic rings. The SMILES string of the molecule is Cc1ccc(Cl)cc1NC(=O)/C(C#N)=C/c1cc(Br)ccc1Cc1cccc(F)c1. The van der Waals surface area contributed by atoms with Gasteiger partial charge in [0.25, 0.3) is 5.91 Å². The van der Waals surface area contributed by atoms with Crippen LogP contribution >= 0.6 is 27.5 Å². The quantitative estimate of drug-likeness (QED) is 0.325. The van der Waals surface area contributed by atoms with Gasteiger partial charge in [-0.1, -0.05) is 51.8 Å². The standard InChI is InChI=1S/C24H17BrClFN2O/c1-15-5-8-21(26)13-23(15)29-24(30)19(14-28)11-18-12-20(25)7-6-17(18)9-16-3-2-4-22(27)10-16/h2-8,10-13H,9H2,1H3,(H,29,30)/b19-11+.